The minimum atomic E-state index is -3.49. The van der Waals surface area contributed by atoms with Crippen LogP contribution >= 0.6 is 0 Å². The first-order chi connectivity index (χ1) is 13.0. The molecule has 1 heterocycles. The molecule has 0 radical (unpaired) electrons. The van der Waals surface area contributed by atoms with Gasteiger partial charge in [-0.2, -0.15) is 4.31 Å². The van der Waals surface area contributed by atoms with Crippen LogP contribution in [0.5, 0.6) is 0 Å². The molecule has 1 aliphatic rings. The standard InChI is InChI=1S/C20H24N2O4S/c1-2-16-3-7-18(8-4-16)20(23)21-15-17-5-9-19(10-6-17)27(24,25)22-11-13-26-14-12-22/h3-10H,2,11-15H2,1H3,(H,21,23). The van der Waals surface area contributed by atoms with E-state index in [1.54, 1.807) is 24.3 Å². The number of amides is 1. The summed E-state index contributed by atoms with van der Waals surface area (Å²) in [5.41, 5.74) is 2.64. The van der Waals surface area contributed by atoms with Crippen LogP contribution in [0.15, 0.2) is 53.4 Å². The predicted molar refractivity (Wildman–Crippen MR) is 103 cm³/mol. The van der Waals surface area contributed by atoms with E-state index in [-0.39, 0.29) is 10.8 Å². The van der Waals surface area contributed by atoms with Crippen LogP contribution < -0.4 is 5.32 Å². The van der Waals surface area contributed by atoms with Crippen LogP contribution in [0.25, 0.3) is 0 Å². The fraction of sp³-hybridized carbons (Fsp3) is 0.350. The molecule has 144 valence electrons. The number of rotatable bonds is 6. The van der Waals surface area contributed by atoms with Crippen molar-refractivity contribution in [2.75, 3.05) is 26.3 Å². The van der Waals surface area contributed by atoms with E-state index in [0.29, 0.717) is 38.4 Å². The summed E-state index contributed by atoms with van der Waals surface area (Å²) in [5.74, 6) is -0.150. The average Bonchev–Trinajstić information content (AvgIpc) is 2.73. The van der Waals surface area contributed by atoms with Gasteiger partial charge in [0.05, 0.1) is 18.1 Å². The Labute approximate surface area is 160 Å². The lowest BCUT2D eigenvalue weighted by Crippen LogP contribution is -2.40. The number of hydrogen-bond acceptors (Lipinski definition) is 4. The van der Waals surface area contributed by atoms with Crippen LogP contribution in [-0.2, 0) is 27.7 Å². The first-order valence-corrected chi connectivity index (χ1v) is 10.5. The SMILES string of the molecule is CCc1ccc(C(=O)NCc2ccc(S(=O)(=O)N3CCOCC3)cc2)cc1. The molecule has 0 saturated carbocycles. The van der Waals surface area contributed by atoms with Gasteiger partial charge < -0.3 is 10.1 Å². The van der Waals surface area contributed by atoms with E-state index in [4.69, 9.17) is 4.74 Å². The van der Waals surface area contributed by atoms with Gasteiger partial charge in [0.15, 0.2) is 0 Å². The summed E-state index contributed by atoms with van der Waals surface area (Å²) >= 11 is 0. The van der Waals surface area contributed by atoms with Crippen molar-refractivity contribution in [3.05, 3.63) is 65.2 Å². The molecule has 0 atom stereocenters. The lowest BCUT2D eigenvalue weighted by molar-refractivity contribution is 0.0730. The zero-order valence-electron chi connectivity index (χ0n) is 15.3. The number of nitrogens with zero attached hydrogens (tertiary/aromatic N) is 1. The van der Waals surface area contributed by atoms with Gasteiger partial charge in [0, 0.05) is 25.2 Å². The van der Waals surface area contributed by atoms with Crippen LogP contribution in [0, 0.1) is 0 Å². The van der Waals surface area contributed by atoms with Gasteiger partial charge in [0.25, 0.3) is 5.91 Å². The highest BCUT2D eigenvalue weighted by Gasteiger charge is 2.26. The Balaban J connectivity index is 1.61. The summed E-state index contributed by atoms with van der Waals surface area (Å²) < 4.78 is 31.9. The molecule has 7 heteroatoms. The van der Waals surface area contributed by atoms with Gasteiger partial charge in [0.2, 0.25) is 10.0 Å². The third kappa shape index (κ3) is 4.74. The Bertz CT molecular complexity index is 871. The molecular weight excluding hydrogens is 364 g/mol. The van der Waals surface area contributed by atoms with E-state index < -0.39 is 10.0 Å². The van der Waals surface area contributed by atoms with Crippen molar-refractivity contribution in [3.63, 3.8) is 0 Å². The number of nitrogens with one attached hydrogen (secondary N) is 1. The van der Waals surface area contributed by atoms with E-state index in [2.05, 4.69) is 12.2 Å². The lowest BCUT2D eigenvalue weighted by atomic mass is 10.1. The molecule has 6 nitrogen and oxygen atoms in total. The van der Waals surface area contributed by atoms with Gasteiger partial charge in [-0.15, -0.1) is 0 Å². The molecule has 2 aromatic carbocycles. The van der Waals surface area contributed by atoms with E-state index in [1.165, 1.54) is 9.87 Å². The van der Waals surface area contributed by atoms with Gasteiger partial charge in [0.1, 0.15) is 0 Å². The molecule has 1 aliphatic heterocycles. The molecule has 0 aliphatic carbocycles. The van der Waals surface area contributed by atoms with Gasteiger partial charge in [-0.3, -0.25) is 4.79 Å². The molecule has 1 fully saturated rings. The number of hydrogen-bond donors (Lipinski definition) is 1. The minimum Gasteiger partial charge on any atom is -0.379 e. The molecule has 0 spiro atoms. The van der Waals surface area contributed by atoms with Crippen molar-refractivity contribution in [1.82, 2.24) is 9.62 Å². The zero-order valence-corrected chi connectivity index (χ0v) is 16.2. The maximum absolute atomic E-state index is 12.6. The molecule has 0 aromatic heterocycles. The maximum atomic E-state index is 12.6. The first kappa shape index (κ1) is 19.5. The Morgan fingerprint density at radius 1 is 1.00 bits per heavy atom. The number of benzene rings is 2. The van der Waals surface area contributed by atoms with Crippen molar-refractivity contribution < 1.29 is 17.9 Å². The zero-order chi connectivity index (χ0) is 19.3. The summed E-state index contributed by atoms with van der Waals surface area (Å²) in [5, 5.41) is 2.86. The van der Waals surface area contributed by atoms with E-state index in [1.807, 2.05) is 24.3 Å². The molecule has 1 N–H and O–H groups in total. The second-order valence-electron chi connectivity index (χ2n) is 6.39. The van der Waals surface area contributed by atoms with Crippen molar-refractivity contribution in [3.8, 4) is 0 Å². The van der Waals surface area contributed by atoms with Gasteiger partial charge >= 0.3 is 0 Å². The third-order valence-corrected chi connectivity index (χ3v) is 6.52. The van der Waals surface area contributed by atoms with Gasteiger partial charge in [-0.25, -0.2) is 8.42 Å². The molecule has 0 bridgehead atoms. The van der Waals surface area contributed by atoms with E-state index in [9.17, 15) is 13.2 Å². The second kappa shape index (κ2) is 8.65. The normalized spacial score (nSPS) is 15.4. The highest BCUT2D eigenvalue weighted by Crippen LogP contribution is 2.17. The van der Waals surface area contributed by atoms with Crippen molar-refractivity contribution in [1.29, 1.82) is 0 Å². The van der Waals surface area contributed by atoms with Crippen LogP contribution in [-0.4, -0.2) is 44.9 Å². The van der Waals surface area contributed by atoms with Crippen LogP contribution in [0.1, 0.15) is 28.4 Å². The van der Waals surface area contributed by atoms with Crippen molar-refractivity contribution in [2.45, 2.75) is 24.8 Å². The molecule has 27 heavy (non-hydrogen) atoms. The minimum absolute atomic E-state index is 0.150. The van der Waals surface area contributed by atoms with Gasteiger partial charge in [-0.05, 0) is 41.8 Å². The molecule has 1 amide bonds. The summed E-state index contributed by atoms with van der Waals surface area (Å²) in [6, 6.07) is 14.1. The largest absolute Gasteiger partial charge is 0.379 e. The summed E-state index contributed by atoms with van der Waals surface area (Å²) in [7, 11) is -3.49. The number of morpholine rings is 1. The van der Waals surface area contributed by atoms with Crippen molar-refractivity contribution in [2.24, 2.45) is 0 Å². The van der Waals surface area contributed by atoms with Gasteiger partial charge in [-0.1, -0.05) is 31.2 Å². The van der Waals surface area contributed by atoms with Crippen LogP contribution in [0.2, 0.25) is 0 Å². The van der Waals surface area contributed by atoms with E-state index >= 15 is 0 Å². The molecule has 2 aromatic rings. The highest BCUT2D eigenvalue weighted by molar-refractivity contribution is 7.89. The van der Waals surface area contributed by atoms with Crippen molar-refractivity contribution >= 4 is 15.9 Å². The molecule has 3 rings (SSSR count). The Morgan fingerprint density at radius 2 is 1.59 bits per heavy atom. The molecular formula is C20H24N2O4S. The number of carbonyl (C=O) groups is 1. The summed E-state index contributed by atoms with van der Waals surface area (Å²) in [4.78, 5) is 12.5. The predicted octanol–water partition coefficient (Wildman–Crippen LogP) is 2.20. The first-order valence-electron chi connectivity index (χ1n) is 9.04. The third-order valence-electron chi connectivity index (χ3n) is 4.61. The topological polar surface area (TPSA) is 75.7 Å². The van der Waals surface area contributed by atoms with Crippen LogP contribution in [0.3, 0.4) is 0 Å². The lowest BCUT2D eigenvalue weighted by Gasteiger charge is -2.26. The Morgan fingerprint density at radius 3 is 2.19 bits per heavy atom. The molecule has 0 unspecified atom stereocenters. The Kier molecular flexibility index (Phi) is 6.26. The number of sulfonamides is 1. The summed E-state index contributed by atoms with van der Waals surface area (Å²) in [6.07, 6.45) is 0.932. The average molecular weight is 388 g/mol. The monoisotopic (exact) mass is 388 g/mol. The fourth-order valence-corrected chi connectivity index (χ4v) is 4.30. The number of carbonyl (C=O) groups excluding carboxylic acids is 1. The Hall–Kier alpha value is -2.22. The second-order valence-corrected chi connectivity index (χ2v) is 8.33. The fourth-order valence-electron chi connectivity index (χ4n) is 2.89. The number of ether oxygens (including phenoxy) is 1. The number of aryl methyl sites for hydroxylation is 1. The summed E-state index contributed by atoms with van der Waals surface area (Å²) in [6.45, 7) is 3.99. The quantitative estimate of drug-likeness (QED) is 0.823. The smallest absolute Gasteiger partial charge is 0.251 e. The van der Waals surface area contributed by atoms with E-state index in [0.717, 1.165) is 12.0 Å². The van der Waals surface area contributed by atoms with Crippen LogP contribution in [0.4, 0.5) is 0 Å². The maximum Gasteiger partial charge on any atom is 0.251 e. The highest BCUT2D eigenvalue weighted by atomic mass is 32.2. The molecule has 1 saturated heterocycles.